The van der Waals surface area contributed by atoms with Crippen LogP contribution in [0.2, 0.25) is 0 Å². The lowest BCUT2D eigenvalue weighted by atomic mass is 10.0. The Morgan fingerprint density at radius 1 is 1.05 bits per heavy atom. The quantitative estimate of drug-likeness (QED) is 0.231. The number of carbonyl (C=O) groups is 2. The van der Waals surface area contributed by atoms with Gasteiger partial charge in [0.25, 0.3) is 11.6 Å². The number of carbonyl (C=O) groups excluding carboxylic acids is 2. The summed E-state index contributed by atoms with van der Waals surface area (Å²) in [5, 5.41) is 23.2. The van der Waals surface area contributed by atoms with Crippen LogP contribution in [0.1, 0.15) is 21.8 Å². The van der Waals surface area contributed by atoms with E-state index in [4.69, 9.17) is 14.0 Å². The van der Waals surface area contributed by atoms with E-state index in [1.165, 1.54) is 24.3 Å². The van der Waals surface area contributed by atoms with Gasteiger partial charge in [0.05, 0.1) is 30.0 Å². The maximum atomic E-state index is 13.4. The van der Waals surface area contributed by atoms with Crippen molar-refractivity contribution < 1.29 is 28.5 Å². The topological polar surface area (TPSA) is 159 Å². The Morgan fingerprint density at radius 2 is 1.80 bits per heavy atom. The number of morpholine rings is 1. The molecule has 4 heterocycles. The van der Waals surface area contributed by atoms with E-state index in [9.17, 15) is 19.7 Å². The van der Waals surface area contributed by atoms with E-state index >= 15 is 0 Å². The van der Waals surface area contributed by atoms with E-state index in [0.29, 0.717) is 73.3 Å². The SMILES string of the molecule is O=C(CN1CCc2onc(-c3ccc(-n4cc(COc5ccc([N+](=O)[O-])cc5)nn4)cc3)c2C1=O)N1CCOCC1. The molecule has 2 aromatic carbocycles. The Hall–Kier alpha value is -5.11. The molecule has 1 saturated heterocycles. The van der Waals surface area contributed by atoms with Gasteiger partial charge in [-0.3, -0.25) is 19.7 Å². The summed E-state index contributed by atoms with van der Waals surface area (Å²) in [5.74, 6) is 0.613. The highest BCUT2D eigenvalue weighted by molar-refractivity contribution is 6.03. The minimum absolute atomic E-state index is 0.00434. The Labute approximate surface area is 233 Å². The van der Waals surface area contributed by atoms with Crippen LogP contribution in [-0.4, -0.2) is 86.1 Å². The largest absolute Gasteiger partial charge is 0.487 e. The number of non-ortho nitro benzene ring substituents is 1. The summed E-state index contributed by atoms with van der Waals surface area (Å²) < 4.78 is 18.0. The van der Waals surface area contributed by atoms with Crippen molar-refractivity contribution in [2.24, 2.45) is 0 Å². The number of nitro benzene ring substituents is 1. The van der Waals surface area contributed by atoms with E-state index in [1.54, 1.807) is 20.7 Å². The number of nitro groups is 1. The number of hydrogen-bond donors (Lipinski definition) is 0. The van der Waals surface area contributed by atoms with E-state index < -0.39 is 4.92 Å². The molecule has 1 fully saturated rings. The van der Waals surface area contributed by atoms with Crippen molar-refractivity contribution in [3.8, 4) is 22.7 Å². The van der Waals surface area contributed by atoms with Crippen molar-refractivity contribution in [1.29, 1.82) is 0 Å². The van der Waals surface area contributed by atoms with Crippen molar-refractivity contribution >= 4 is 17.5 Å². The second-order valence-corrected chi connectivity index (χ2v) is 9.54. The maximum absolute atomic E-state index is 13.4. The molecular weight excluding hydrogens is 534 g/mol. The van der Waals surface area contributed by atoms with Crippen molar-refractivity contribution in [3.05, 3.63) is 81.9 Å². The third-order valence-electron chi connectivity index (χ3n) is 6.94. The third kappa shape index (κ3) is 5.49. The molecule has 0 aliphatic carbocycles. The lowest BCUT2D eigenvalue weighted by Gasteiger charge is -2.31. The summed E-state index contributed by atoms with van der Waals surface area (Å²) in [6, 6.07) is 13.1. The molecule has 0 atom stereocenters. The first-order valence-electron chi connectivity index (χ1n) is 13.0. The van der Waals surface area contributed by atoms with Gasteiger partial charge in [-0.1, -0.05) is 22.5 Å². The summed E-state index contributed by atoms with van der Waals surface area (Å²) >= 11 is 0. The Kier molecular flexibility index (Phi) is 7.12. The molecule has 6 rings (SSSR count). The Bertz CT molecular complexity index is 1570. The molecule has 2 aliphatic rings. The zero-order valence-electron chi connectivity index (χ0n) is 21.8. The fourth-order valence-corrected chi connectivity index (χ4v) is 4.72. The van der Waals surface area contributed by atoms with Crippen molar-refractivity contribution in [2.45, 2.75) is 13.0 Å². The third-order valence-corrected chi connectivity index (χ3v) is 6.94. The second-order valence-electron chi connectivity index (χ2n) is 9.54. The molecule has 2 amide bonds. The minimum Gasteiger partial charge on any atom is -0.487 e. The van der Waals surface area contributed by atoms with E-state index in [-0.39, 0.29) is 30.7 Å². The Morgan fingerprint density at radius 3 is 2.54 bits per heavy atom. The van der Waals surface area contributed by atoms with E-state index in [0.717, 1.165) is 5.69 Å². The van der Waals surface area contributed by atoms with Gasteiger partial charge in [0.1, 0.15) is 35.9 Å². The lowest BCUT2D eigenvalue weighted by Crippen LogP contribution is -2.48. The number of rotatable bonds is 8. The number of amides is 2. The van der Waals surface area contributed by atoms with Crippen LogP contribution < -0.4 is 4.74 Å². The molecule has 14 nitrogen and oxygen atoms in total. The molecule has 0 N–H and O–H groups in total. The predicted molar refractivity (Wildman–Crippen MR) is 141 cm³/mol. The minimum atomic E-state index is -0.472. The molecule has 210 valence electrons. The first kappa shape index (κ1) is 26.1. The highest BCUT2D eigenvalue weighted by Crippen LogP contribution is 2.30. The predicted octanol–water partition coefficient (Wildman–Crippen LogP) is 2.27. The van der Waals surface area contributed by atoms with E-state index in [2.05, 4.69) is 15.5 Å². The maximum Gasteiger partial charge on any atom is 0.269 e. The zero-order valence-corrected chi connectivity index (χ0v) is 21.8. The standard InChI is InChI=1S/C27H25N7O7/c35-24(31-11-13-39-14-12-31)16-32-10-9-23-25(27(32)36)26(29-41-23)18-1-3-20(4-2-18)33-15-19(28-30-33)17-40-22-7-5-21(6-8-22)34(37)38/h1-8,15H,9-14,16-17H2. The highest BCUT2D eigenvalue weighted by Gasteiger charge is 2.34. The first-order chi connectivity index (χ1) is 20.0. The van der Waals surface area contributed by atoms with Crippen molar-refractivity contribution in [3.63, 3.8) is 0 Å². The van der Waals surface area contributed by atoms with Crippen LogP contribution in [0.5, 0.6) is 5.75 Å². The molecule has 14 heteroatoms. The molecule has 0 bridgehead atoms. The number of fused-ring (bicyclic) bond motifs is 1. The summed E-state index contributed by atoms with van der Waals surface area (Å²) in [7, 11) is 0. The fraction of sp³-hybridized carbons (Fsp3) is 0.296. The molecule has 41 heavy (non-hydrogen) atoms. The van der Waals surface area contributed by atoms with Gasteiger partial charge in [0.15, 0.2) is 5.76 Å². The smallest absolute Gasteiger partial charge is 0.269 e. The second kappa shape index (κ2) is 11.2. The molecule has 0 spiro atoms. The number of benzene rings is 2. The van der Waals surface area contributed by atoms with Gasteiger partial charge < -0.3 is 23.8 Å². The van der Waals surface area contributed by atoms with Crippen molar-refractivity contribution in [1.82, 2.24) is 30.0 Å². The molecule has 4 aromatic rings. The molecule has 2 aromatic heterocycles. The fourth-order valence-electron chi connectivity index (χ4n) is 4.72. The first-order valence-corrected chi connectivity index (χ1v) is 13.0. The van der Waals surface area contributed by atoms with Gasteiger partial charge in [-0.25, -0.2) is 4.68 Å². The van der Waals surface area contributed by atoms with Gasteiger partial charge in [-0.15, -0.1) is 5.10 Å². The van der Waals surface area contributed by atoms with Crippen LogP contribution in [0.4, 0.5) is 5.69 Å². The van der Waals surface area contributed by atoms with Crippen molar-refractivity contribution in [2.75, 3.05) is 39.4 Å². The molecule has 0 saturated carbocycles. The van der Waals surface area contributed by atoms with Gasteiger partial charge in [-0.05, 0) is 24.3 Å². The van der Waals surface area contributed by atoms with Crippen LogP contribution in [0.25, 0.3) is 16.9 Å². The van der Waals surface area contributed by atoms with Gasteiger partial charge >= 0.3 is 0 Å². The summed E-state index contributed by atoms with van der Waals surface area (Å²) in [4.78, 5) is 39.7. The van der Waals surface area contributed by atoms with Gasteiger partial charge in [-0.2, -0.15) is 0 Å². The van der Waals surface area contributed by atoms with E-state index in [1.807, 2.05) is 24.3 Å². The number of hydrogen-bond acceptors (Lipinski definition) is 10. The molecule has 2 aliphatic heterocycles. The average Bonchev–Trinajstić information content (AvgIpc) is 3.66. The van der Waals surface area contributed by atoms with Crippen LogP contribution in [0.3, 0.4) is 0 Å². The normalized spacial score (nSPS) is 15.1. The summed E-state index contributed by atoms with van der Waals surface area (Å²) in [5.41, 5.74) is 2.77. The monoisotopic (exact) mass is 559 g/mol. The van der Waals surface area contributed by atoms with Crippen LogP contribution in [-0.2, 0) is 22.6 Å². The molecule has 0 unspecified atom stereocenters. The van der Waals surface area contributed by atoms with Crippen LogP contribution in [0.15, 0.2) is 59.3 Å². The Balaban J connectivity index is 1.12. The molecular formula is C27H25N7O7. The zero-order chi connectivity index (χ0) is 28.3. The number of ether oxygens (including phenoxy) is 2. The van der Waals surface area contributed by atoms with Gasteiger partial charge in [0.2, 0.25) is 5.91 Å². The number of aromatic nitrogens is 4. The lowest BCUT2D eigenvalue weighted by molar-refractivity contribution is -0.384. The van der Waals surface area contributed by atoms with Crippen LogP contribution >= 0.6 is 0 Å². The summed E-state index contributed by atoms with van der Waals surface area (Å²) in [6.45, 7) is 2.58. The average molecular weight is 560 g/mol. The van der Waals surface area contributed by atoms with Gasteiger partial charge in [0, 0.05) is 43.8 Å². The summed E-state index contributed by atoms with van der Waals surface area (Å²) in [6.07, 6.45) is 2.19. The molecule has 0 radical (unpaired) electrons. The van der Waals surface area contributed by atoms with Crippen LogP contribution in [0, 0.1) is 10.1 Å². The highest BCUT2D eigenvalue weighted by atomic mass is 16.6. The number of nitrogens with zero attached hydrogens (tertiary/aromatic N) is 7.